The molecule has 1 heterocycles. The number of aromatic nitrogens is 2. The summed E-state index contributed by atoms with van der Waals surface area (Å²) in [7, 11) is 0. The number of amides is 1. The van der Waals surface area contributed by atoms with Crippen LogP contribution in [0.5, 0.6) is 0 Å². The summed E-state index contributed by atoms with van der Waals surface area (Å²) in [6.07, 6.45) is 7.40. The first-order valence-corrected chi connectivity index (χ1v) is 13.7. The molecule has 0 atom stereocenters. The lowest BCUT2D eigenvalue weighted by Gasteiger charge is -2.42. The van der Waals surface area contributed by atoms with Gasteiger partial charge in [-0.2, -0.15) is 0 Å². The molecule has 1 saturated carbocycles. The second kappa shape index (κ2) is 10.0. The Morgan fingerprint density at radius 3 is 2.57 bits per heavy atom. The first kappa shape index (κ1) is 23.9. The molecule has 182 valence electrons. The number of fused-ring (bicyclic) bond motifs is 4. The van der Waals surface area contributed by atoms with E-state index in [1.165, 1.54) is 23.7 Å². The summed E-state index contributed by atoms with van der Waals surface area (Å²) >= 11 is 1.35. The molecular weight excluding hydrogens is 454 g/mol. The molecule has 1 aromatic heterocycles. The van der Waals surface area contributed by atoms with Crippen molar-refractivity contribution in [2.45, 2.75) is 75.9 Å². The lowest BCUT2D eigenvalue weighted by molar-refractivity contribution is -0.113. The molecule has 2 aliphatic carbocycles. The Kier molecular flexibility index (Phi) is 6.83. The Morgan fingerprint density at radius 1 is 1.09 bits per heavy atom. The second-order valence-electron chi connectivity index (χ2n) is 9.95. The molecule has 1 fully saturated rings. The standard InChI is InChI=1S/C29H33N3O2S/c1-3-17-32-27(34)25-26(23-10-6-5-9-21(23)18-29(25)15-7-4-8-16-29)31-28(32)35-19-24(33)30-22-13-11-20(2)12-14-22/h5-6,9-14H,3-4,7-8,15-19H2,1-2H3,(H,30,33). The van der Waals surface area contributed by atoms with Crippen LogP contribution in [0.25, 0.3) is 11.3 Å². The Balaban J connectivity index is 1.52. The van der Waals surface area contributed by atoms with E-state index in [0.29, 0.717) is 11.7 Å². The van der Waals surface area contributed by atoms with Crippen molar-refractivity contribution in [3.63, 3.8) is 0 Å². The summed E-state index contributed by atoms with van der Waals surface area (Å²) in [6, 6.07) is 16.2. The van der Waals surface area contributed by atoms with Gasteiger partial charge in [0.05, 0.1) is 17.0 Å². The summed E-state index contributed by atoms with van der Waals surface area (Å²) in [5.74, 6) is 0.105. The Hall–Kier alpha value is -2.86. The first-order valence-electron chi connectivity index (χ1n) is 12.7. The summed E-state index contributed by atoms with van der Waals surface area (Å²) in [5, 5.41) is 3.59. The van der Waals surface area contributed by atoms with Gasteiger partial charge >= 0.3 is 0 Å². The lowest BCUT2D eigenvalue weighted by Crippen LogP contribution is -2.43. The molecule has 0 saturated heterocycles. The lowest BCUT2D eigenvalue weighted by atomic mass is 9.62. The van der Waals surface area contributed by atoms with Crippen molar-refractivity contribution in [2.75, 3.05) is 11.1 Å². The number of hydrogen-bond donors (Lipinski definition) is 1. The molecular formula is C29H33N3O2S. The van der Waals surface area contributed by atoms with E-state index in [0.717, 1.165) is 66.6 Å². The predicted molar refractivity (Wildman–Crippen MR) is 143 cm³/mol. The number of thioether (sulfide) groups is 1. The molecule has 5 nitrogen and oxygen atoms in total. The smallest absolute Gasteiger partial charge is 0.258 e. The fraction of sp³-hybridized carbons (Fsp3) is 0.414. The van der Waals surface area contributed by atoms with Gasteiger partial charge in [0.2, 0.25) is 5.91 Å². The molecule has 2 aliphatic rings. The zero-order valence-corrected chi connectivity index (χ0v) is 21.4. The topological polar surface area (TPSA) is 64.0 Å². The quantitative estimate of drug-likeness (QED) is 0.336. The molecule has 0 radical (unpaired) electrons. The molecule has 0 aliphatic heterocycles. The van der Waals surface area contributed by atoms with Crippen molar-refractivity contribution in [2.24, 2.45) is 0 Å². The highest BCUT2D eigenvalue weighted by atomic mass is 32.2. The SMILES string of the molecule is CCCn1c(SCC(=O)Nc2ccc(C)cc2)nc2c(c1=O)C1(CCCCC1)Cc1ccccc1-2. The van der Waals surface area contributed by atoms with Crippen LogP contribution in [0.15, 0.2) is 58.5 Å². The van der Waals surface area contributed by atoms with Gasteiger partial charge in [0, 0.05) is 23.2 Å². The maximum atomic E-state index is 14.1. The molecule has 5 rings (SSSR count). The predicted octanol–water partition coefficient (Wildman–Crippen LogP) is 6.12. The fourth-order valence-corrected chi connectivity index (χ4v) is 6.53. The van der Waals surface area contributed by atoms with Crippen LogP contribution in [0.2, 0.25) is 0 Å². The van der Waals surface area contributed by atoms with E-state index in [9.17, 15) is 9.59 Å². The largest absolute Gasteiger partial charge is 0.325 e. The normalized spacial score (nSPS) is 15.9. The van der Waals surface area contributed by atoms with E-state index in [-0.39, 0.29) is 22.6 Å². The molecule has 1 amide bonds. The highest BCUT2D eigenvalue weighted by molar-refractivity contribution is 7.99. The van der Waals surface area contributed by atoms with Crippen LogP contribution in [-0.2, 0) is 23.2 Å². The van der Waals surface area contributed by atoms with Gasteiger partial charge in [-0.1, -0.05) is 79.9 Å². The second-order valence-corrected chi connectivity index (χ2v) is 10.9. The van der Waals surface area contributed by atoms with Crippen LogP contribution in [-0.4, -0.2) is 21.2 Å². The van der Waals surface area contributed by atoms with Gasteiger partial charge < -0.3 is 5.32 Å². The summed E-state index contributed by atoms with van der Waals surface area (Å²) < 4.78 is 1.83. The van der Waals surface area contributed by atoms with Gasteiger partial charge in [0.15, 0.2) is 5.16 Å². The summed E-state index contributed by atoms with van der Waals surface area (Å²) in [4.78, 5) is 31.9. The highest BCUT2D eigenvalue weighted by Crippen LogP contribution is 2.48. The van der Waals surface area contributed by atoms with E-state index >= 15 is 0 Å². The van der Waals surface area contributed by atoms with E-state index in [2.05, 4.69) is 30.4 Å². The van der Waals surface area contributed by atoms with Crippen LogP contribution >= 0.6 is 11.8 Å². The molecule has 0 unspecified atom stereocenters. The summed E-state index contributed by atoms with van der Waals surface area (Å²) in [5.41, 5.74) is 6.02. The Morgan fingerprint density at radius 2 is 1.83 bits per heavy atom. The molecule has 6 heteroatoms. The molecule has 1 N–H and O–H groups in total. The number of benzene rings is 2. The van der Waals surface area contributed by atoms with Crippen LogP contribution < -0.4 is 10.9 Å². The monoisotopic (exact) mass is 487 g/mol. The third-order valence-electron chi connectivity index (χ3n) is 7.39. The van der Waals surface area contributed by atoms with E-state index in [1.807, 2.05) is 41.8 Å². The number of rotatable bonds is 6. The van der Waals surface area contributed by atoms with Gasteiger partial charge in [-0.3, -0.25) is 14.2 Å². The maximum absolute atomic E-state index is 14.1. The van der Waals surface area contributed by atoms with Crippen molar-refractivity contribution in [3.8, 4) is 11.3 Å². The molecule has 0 bridgehead atoms. The Labute approximate surface area is 211 Å². The minimum absolute atomic E-state index is 0.0923. The van der Waals surface area contributed by atoms with Crippen LogP contribution in [0.3, 0.4) is 0 Å². The zero-order valence-electron chi connectivity index (χ0n) is 20.6. The van der Waals surface area contributed by atoms with Crippen LogP contribution in [0.4, 0.5) is 5.69 Å². The third kappa shape index (κ3) is 4.68. The Bertz CT molecular complexity index is 1290. The number of carbonyl (C=O) groups is 1. The fourth-order valence-electron chi connectivity index (χ4n) is 5.72. The van der Waals surface area contributed by atoms with Crippen molar-refractivity contribution in [1.82, 2.24) is 9.55 Å². The van der Waals surface area contributed by atoms with Gasteiger partial charge in [-0.15, -0.1) is 0 Å². The average molecular weight is 488 g/mol. The first-order chi connectivity index (χ1) is 17.0. The number of nitrogens with one attached hydrogen (secondary N) is 1. The number of nitrogens with zero attached hydrogens (tertiary/aromatic N) is 2. The van der Waals surface area contributed by atoms with Crippen molar-refractivity contribution >= 4 is 23.4 Å². The highest BCUT2D eigenvalue weighted by Gasteiger charge is 2.43. The number of hydrogen-bond acceptors (Lipinski definition) is 4. The molecule has 35 heavy (non-hydrogen) atoms. The van der Waals surface area contributed by atoms with Gasteiger partial charge in [-0.05, 0) is 50.3 Å². The van der Waals surface area contributed by atoms with Crippen molar-refractivity contribution in [1.29, 1.82) is 0 Å². The van der Waals surface area contributed by atoms with Gasteiger partial charge in [-0.25, -0.2) is 4.98 Å². The minimum atomic E-state index is -0.118. The van der Waals surface area contributed by atoms with Gasteiger partial charge in [0.25, 0.3) is 5.56 Å². The third-order valence-corrected chi connectivity index (χ3v) is 8.37. The van der Waals surface area contributed by atoms with E-state index < -0.39 is 0 Å². The average Bonchev–Trinajstić information content (AvgIpc) is 2.86. The van der Waals surface area contributed by atoms with Crippen LogP contribution in [0.1, 0.15) is 62.1 Å². The molecule has 1 spiro atoms. The van der Waals surface area contributed by atoms with Gasteiger partial charge in [0.1, 0.15) is 0 Å². The van der Waals surface area contributed by atoms with Crippen LogP contribution in [0, 0.1) is 6.92 Å². The van der Waals surface area contributed by atoms with E-state index in [1.54, 1.807) is 0 Å². The number of aryl methyl sites for hydroxylation is 1. The maximum Gasteiger partial charge on any atom is 0.258 e. The zero-order chi connectivity index (χ0) is 24.4. The van der Waals surface area contributed by atoms with Crippen molar-refractivity contribution < 1.29 is 4.79 Å². The molecule has 2 aromatic carbocycles. The molecule has 3 aromatic rings. The van der Waals surface area contributed by atoms with E-state index in [4.69, 9.17) is 4.98 Å². The summed E-state index contributed by atoms with van der Waals surface area (Å²) in [6.45, 7) is 4.71. The number of carbonyl (C=O) groups excluding carboxylic acids is 1. The minimum Gasteiger partial charge on any atom is -0.325 e. The van der Waals surface area contributed by atoms with Crippen molar-refractivity contribution in [3.05, 3.63) is 75.6 Å². The number of anilines is 1.